The van der Waals surface area contributed by atoms with E-state index < -0.39 is 17.4 Å². The minimum absolute atomic E-state index is 0.233. The van der Waals surface area contributed by atoms with Crippen LogP contribution in [-0.4, -0.2) is 32.3 Å². The SMILES string of the molecule is Cc1nn(C)c(C)c1C(C)C(=O)NC1(C(=O)O)CCCCC1. The molecule has 1 aliphatic rings. The minimum atomic E-state index is -1.10. The fraction of sp³-hybridized carbons (Fsp3) is 0.688. The first-order chi connectivity index (χ1) is 10.3. The molecular formula is C16H25N3O3. The maximum absolute atomic E-state index is 12.6. The number of rotatable bonds is 4. The van der Waals surface area contributed by atoms with E-state index in [0.29, 0.717) is 12.8 Å². The Morgan fingerprint density at radius 1 is 1.27 bits per heavy atom. The maximum atomic E-state index is 12.6. The molecule has 0 aliphatic heterocycles. The molecule has 0 aromatic carbocycles. The van der Waals surface area contributed by atoms with Crippen molar-refractivity contribution in [3.63, 3.8) is 0 Å². The fourth-order valence-electron chi connectivity index (χ4n) is 3.44. The zero-order valence-corrected chi connectivity index (χ0v) is 13.8. The van der Waals surface area contributed by atoms with Gasteiger partial charge in [0.25, 0.3) is 0 Å². The van der Waals surface area contributed by atoms with Gasteiger partial charge < -0.3 is 10.4 Å². The summed E-state index contributed by atoms with van der Waals surface area (Å²) >= 11 is 0. The van der Waals surface area contributed by atoms with Gasteiger partial charge in [-0.1, -0.05) is 19.3 Å². The highest BCUT2D eigenvalue weighted by Gasteiger charge is 2.42. The number of aliphatic carboxylic acids is 1. The molecule has 1 fully saturated rings. The second-order valence-corrected chi connectivity index (χ2v) is 6.37. The van der Waals surface area contributed by atoms with Crippen molar-refractivity contribution in [1.82, 2.24) is 15.1 Å². The largest absolute Gasteiger partial charge is 0.480 e. The average Bonchev–Trinajstić information content (AvgIpc) is 2.72. The van der Waals surface area contributed by atoms with E-state index in [1.54, 1.807) is 4.68 Å². The molecule has 6 heteroatoms. The summed E-state index contributed by atoms with van der Waals surface area (Å²) in [6.45, 7) is 5.61. The topological polar surface area (TPSA) is 84.2 Å². The Bertz CT molecular complexity index is 586. The standard InChI is InChI=1S/C16H25N3O3/c1-10(13-11(2)18-19(4)12(13)3)14(20)17-16(15(21)22)8-6-5-7-9-16/h10H,5-9H2,1-4H3,(H,17,20)(H,21,22). The van der Waals surface area contributed by atoms with Crippen molar-refractivity contribution in [2.75, 3.05) is 0 Å². The van der Waals surface area contributed by atoms with Crippen molar-refractivity contribution in [3.05, 3.63) is 17.0 Å². The highest BCUT2D eigenvalue weighted by Crippen LogP contribution is 2.30. The van der Waals surface area contributed by atoms with E-state index in [9.17, 15) is 14.7 Å². The molecule has 0 spiro atoms. The monoisotopic (exact) mass is 307 g/mol. The van der Waals surface area contributed by atoms with E-state index in [0.717, 1.165) is 36.2 Å². The number of nitrogens with zero attached hydrogens (tertiary/aromatic N) is 2. The number of amides is 1. The van der Waals surface area contributed by atoms with E-state index in [2.05, 4.69) is 10.4 Å². The van der Waals surface area contributed by atoms with Gasteiger partial charge in [-0.15, -0.1) is 0 Å². The van der Waals surface area contributed by atoms with Crippen molar-refractivity contribution in [2.45, 2.75) is 64.3 Å². The van der Waals surface area contributed by atoms with Gasteiger partial charge in [-0.05, 0) is 33.6 Å². The Kier molecular flexibility index (Phi) is 4.58. The van der Waals surface area contributed by atoms with Crippen molar-refractivity contribution < 1.29 is 14.7 Å². The van der Waals surface area contributed by atoms with Crippen LogP contribution >= 0.6 is 0 Å². The minimum Gasteiger partial charge on any atom is -0.480 e. The van der Waals surface area contributed by atoms with Crippen LogP contribution < -0.4 is 5.32 Å². The molecule has 1 aliphatic carbocycles. The first kappa shape index (κ1) is 16.5. The molecule has 122 valence electrons. The summed E-state index contributed by atoms with van der Waals surface area (Å²) in [7, 11) is 1.84. The number of carboxylic acids is 1. The quantitative estimate of drug-likeness (QED) is 0.891. The molecule has 1 aromatic rings. The van der Waals surface area contributed by atoms with Crippen LogP contribution in [0.15, 0.2) is 0 Å². The molecule has 1 amide bonds. The second-order valence-electron chi connectivity index (χ2n) is 6.37. The molecule has 2 rings (SSSR count). The van der Waals surface area contributed by atoms with Crippen LogP contribution in [0.25, 0.3) is 0 Å². The van der Waals surface area contributed by atoms with Crippen LogP contribution in [-0.2, 0) is 16.6 Å². The van der Waals surface area contributed by atoms with E-state index in [4.69, 9.17) is 0 Å². The van der Waals surface area contributed by atoms with Crippen molar-refractivity contribution in [2.24, 2.45) is 7.05 Å². The summed E-state index contributed by atoms with van der Waals surface area (Å²) in [6.07, 6.45) is 3.72. The maximum Gasteiger partial charge on any atom is 0.329 e. The Morgan fingerprint density at radius 3 is 2.32 bits per heavy atom. The van der Waals surface area contributed by atoms with Gasteiger partial charge in [-0.25, -0.2) is 4.79 Å². The highest BCUT2D eigenvalue weighted by atomic mass is 16.4. The van der Waals surface area contributed by atoms with Crippen LogP contribution in [0, 0.1) is 13.8 Å². The molecule has 2 N–H and O–H groups in total. The first-order valence-electron chi connectivity index (χ1n) is 7.84. The zero-order valence-electron chi connectivity index (χ0n) is 13.8. The van der Waals surface area contributed by atoms with E-state index in [1.165, 1.54) is 0 Å². The van der Waals surface area contributed by atoms with Crippen molar-refractivity contribution in [1.29, 1.82) is 0 Å². The molecule has 6 nitrogen and oxygen atoms in total. The number of carboxylic acid groups (broad SMARTS) is 1. The van der Waals surface area contributed by atoms with Gasteiger partial charge in [-0.3, -0.25) is 9.48 Å². The van der Waals surface area contributed by atoms with E-state index >= 15 is 0 Å². The number of aryl methyl sites for hydroxylation is 2. The zero-order chi connectivity index (χ0) is 16.5. The summed E-state index contributed by atoms with van der Waals surface area (Å²) in [5, 5.41) is 16.7. The van der Waals surface area contributed by atoms with Crippen molar-refractivity contribution >= 4 is 11.9 Å². The number of carbonyl (C=O) groups is 2. The molecule has 1 aromatic heterocycles. The lowest BCUT2D eigenvalue weighted by Crippen LogP contribution is -2.56. The van der Waals surface area contributed by atoms with Gasteiger partial charge in [0.05, 0.1) is 11.6 Å². The molecule has 1 unspecified atom stereocenters. The summed E-state index contributed by atoms with van der Waals surface area (Å²) < 4.78 is 1.75. The Morgan fingerprint density at radius 2 is 1.86 bits per heavy atom. The molecule has 0 bridgehead atoms. The molecule has 0 saturated heterocycles. The molecule has 0 radical (unpaired) electrons. The van der Waals surface area contributed by atoms with Gasteiger partial charge in [-0.2, -0.15) is 5.10 Å². The van der Waals surface area contributed by atoms with Gasteiger partial charge in [0, 0.05) is 18.3 Å². The van der Waals surface area contributed by atoms with Crippen LogP contribution in [0.5, 0.6) is 0 Å². The molecule has 1 heterocycles. The van der Waals surface area contributed by atoms with Crippen molar-refractivity contribution in [3.8, 4) is 0 Å². The van der Waals surface area contributed by atoms with Crippen LogP contribution in [0.4, 0.5) is 0 Å². The van der Waals surface area contributed by atoms with Gasteiger partial charge >= 0.3 is 5.97 Å². The Labute approximate surface area is 130 Å². The lowest BCUT2D eigenvalue weighted by molar-refractivity contribution is -0.149. The third-order valence-corrected chi connectivity index (χ3v) is 4.87. The number of aromatic nitrogens is 2. The lowest BCUT2D eigenvalue weighted by atomic mass is 9.81. The third kappa shape index (κ3) is 2.87. The molecule has 1 atom stereocenters. The number of carbonyl (C=O) groups excluding carboxylic acids is 1. The number of nitrogens with one attached hydrogen (secondary N) is 1. The average molecular weight is 307 g/mol. The summed E-state index contributed by atoms with van der Waals surface area (Å²) in [5.74, 6) is -1.57. The molecular weight excluding hydrogens is 282 g/mol. The Hall–Kier alpha value is -1.85. The molecule has 1 saturated carbocycles. The van der Waals surface area contributed by atoms with Crippen LogP contribution in [0.3, 0.4) is 0 Å². The fourth-order valence-corrected chi connectivity index (χ4v) is 3.44. The van der Waals surface area contributed by atoms with Gasteiger partial charge in [0.2, 0.25) is 5.91 Å². The number of hydrogen-bond donors (Lipinski definition) is 2. The predicted octanol–water partition coefficient (Wildman–Crippen LogP) is 2.04. The highest BCUT2D eigenvalue weighted by molar-refractivity contribution is 5.90. The lowest BCUT2D eigenvalue weighted by Gasteiger charge is -2.34. The van der Waals surface area contributed by atoms with E-state index in [1.807, 2.05) is 27.8 Å². The second kappa shape index (κ2) is 6.10. The van der Waals surface area contributed by atoms with Crippen LogP contribution in [0.1, 0.15) is 61.9 Å². The summed E-state index contributed by atoms with van der Waals surface area (Å²) in [6, 6.07) is 0. The molecule has 22 heavy (non-hydrogen) atoms. The predicted molar refractivity (Wildman–Crippen MR) is 82.7 cm³/mol. The Balaban J connectivity index is 2.21. The first-order valence-corrected chi connectivity index (χ1v) is 7.84. The normalized spacial score (nSPS) is 18.7. The van der Waals surface area contributed by atoms with Crippen LogP contribution in [0.2, 0.25) is 0 Å². The number of hydrogen-bond acceptors (Lipinski definition) is 3. The van der Waals surface area contributed by atoms with Gasteiger partial charge in [0.1, 0.15) is 5.54 Å². The third-order valence-electron chi connectivity index (χ3n) is 4.87. The summed E-state index contributed by atoms with van der Waals surface area (Å²) in [5.41, 5.74) is 1.54. The van der Waals surface area contributed by atoms with Gasteiger partial charge in [0.15, 0.2) is 0 Å². The summed E-state index contributed by atoms with van der Waals surface area (Å²) in [4.78, 5) is 24.3. The van der Waals surface area contributed by atoms with E-state index in [-0.39, 0.29) is 5.91 Å². The smallest absolute Gasteiger partial charge is 0.329 e.